The fourth-order valence-electron chi connectivity index (χ4n) is 2.16. The Morgan fingerprint density at radius 2 is 2.00 bits per heavy atom. The van der Waals surface area contributed by atoms with Crippen molar-refractivity contribution in [1.29, 1.82) is 0 Å². The van der Waals surface area contributed by atoms with E-state index in [9.17, 15) is 13.2 Å². The van der Waals surface area contributed by atoms with Crippen LogP contribution in [0.4, 0.5) is 13.2 Å². The molecule has 0 N–H and O–H groups in total. The van der Waals surface area contributed by atoms with Crippen LogP contribution < -0.4 is 0 Å². The molecule has 0 spiro atoms. The van der Waals surface area contributed by atoms with Crippen LogP contribution in [0.25, 0.3) is 5.69 Å². The van der Waals surface area contributed by atoms with Crippen molar-refractivity contribution in [2.75, 3.05) is 0 Å². The summed E-state index contributed by atoms with van der Waals surface area (Å²) in [4.78, 5) is 0. The zero-order valence-electron chi connectivity index (χ0n) is 10.5. The van der Waals surface area contributed by atoms with Crippen LogP contribution in [-0.2, 0) is 11.5 Å². The topological polar surface area (TPSA) is 17.8 Å². The van der Waals surface area contributed by atoms with Crippen LogP contribution in [0.1, 0.15) is 35.6 Å². The van der Waals surface area contributed by atoms with Crippen molar-refractivity contribution in [2.45, 2.75) is 30.3 Å². The molecule has 0 unspecified atom stereocenters. The molecular formula is C14H12BrF3N2. The average molecular weight is 345 g/mol. The fraction of sp³-hybridized carbons (Fsp3) is 0.357. The molecule has 0 saturated heterocycles. The highest BCUT2D eigenvalue weighted by Gasteiger charge is 2.35. The molecular weight excluding hydrogens is 333 g/mol. The number of nitrogens with zero attached hydrogens (tertiary/aromatic N) is 2. The van der Waals surface area contributed by atoms with Crippen LogP contribution in [0, 0.1) is 0 Å². The van der Waals surface area contributed by atoms with Gasteiger partial charge in [0.1, 0.15) is 0 Å². The smallest absolute Gasteiger partial charge is 0.240 e. The van der Waals surface area contributed by atoms with E-state index in [-0.39, 0.29) is 5.69 Å². The number of hydrogen-bond donors (Lipinski definition) is 0. The lowest BCUT2D eigenvalue weighted by molar-refractivity contribution is -0.137. The molecule has 2 aromatic rings. The standard InChI is InChI=1S/C14H12BrF3N2/c15-8-9-1-4-13(11(7-9)14(16,17)18)20-6-5-12(19-20)10-2-3-10/h1,4-7,10H,2-3,8H2. The van der Waals surface area contributed by atoms with E-state index in [1.165, 1.54) is 16.8 Å². The van der Waals surface area contributed by atoms with Gasteiger partial charge in [0.15, 0.2) is 0 Å². The van der Waals surface area contributed by atoms with E-state index in [2.05, 4.69) is 21.0 Å². The number of rotatable bonds is 3. The third-order valence-electron chi connectivity index (χ3n) is 3.37. The molecule has 1 aliphatic rings. The Hall–Kier alpha value is -1.30. The molecule has 1 saturated carbocycles. The molecule has 3 rings (SSSR count). The van der Waals surface area contributed by atoms with E-state index < -0.39 is 11.7 Å². The summed E-state index contributed by atoms with van der Waals surface area (Å²) in [6, 6.07) is 6.12. The van der Waals surface area contributed by atoms with E-state index in [1.54, 1.807) is 18.3 Å². The number of benzene rings is 1. The maximum Gasteiger partial charge on any atom is 0.418 e. The molecule has 0 aliphatic heterocycles. The SMILES string of the molecule is FC(F)(F)c1cc(CBr)ccc1-n1ccc(C2CC2)n1. The van der Waals surface area contributed by atoms with Crippen LogP contribution in [0.15, 0.2) is 30.5 Å². The molecule has 0 bridgehead atoms. The zero-order valence-corrected chi connectivity index (χ0v) is 12.1. The highest BCUT2D eigenvalue weighted by atomic mass is 79.9. The predicted molar refractivity (Wildman–Crippen MR) is 73.2 cm³/mol. The Morgan fingerprint density at radius 3 is 2.60 bits per heavy atom. The first-order chi connectivity index (χ1) is 9.49. The summed E-state index contributed by atoms with van der Waals surface area (Å²) in [5.74, 6) is 0.424. The lowest BCUT2D eigenvalue weighted by Gasteiger charge is -2.14. The van der Waals surface area contributed by atoms with Crippen molar-refractivity contribution in [3.63, 3.8) is 0 Å². The number of aromatic nitrogens is 2. The molecule has 0 amide bonds. The molecule has 0 atom stereocenters. The van der Waals surface area contributed by atoms with E-state index in [0.717, 1.165) is 18.5 Å². The average Bonchev–Trinajstić information content (AvgIpc) is 3.15. The number of alkyl halides is 4. The van der Waals surface area contributed by atoms with Gasteiger partial charge in [-0.15, -0.1) is 0 Å². The van der Waals surface area contributed by atoms with Crippen LogP contribution in [0.2, 0.25) is 0 Å². The predicted octanol–water partition coefficient (Wildman–Crippen LogP) is 4.66. The third-order valence-corrected chi connectivity index (χ3v) is 4.02. The molecule has 1 aliphatic carbocycles. The van der Waals surface area contributed by atoms with Crippen LogP contribution in [0.5, 0.6) is 0 Å². The highest BCUT2D eigenvalue weighted by Crippen LogP contribution is 2.40. The quantitative estimate of drug-likeness (QED) is 0.740. The second kappa shape index (κ2) is 4.91. The Labute approximate surface area is 122 Å². The lowest BCUT2D eigenvalue weighted by atomic mass is 10.1. The summed E-state index contributed by atoms with van der Waals surface area (Å²) in [5.41, 5.74) is 0.896. The summed E-state index contributed by atoms with van der Waals surface area (Å²) in [5, 5.41) is 4.67. The maximum absolute atomic E-state index is 13.2. The third kappa shape index (κ3) is 2.61. The van der Waals surface area contributed by atoms with Gasteiger partial charge >= 0.3 is 6.18 Å². The first-order valence-electron chi connectivity index (χ1n) is 6.31. The van der Waals surface area contributed by atoms with E-state index in [4.69, 9.17) is 0 Å². The number of halogens is 4. The van der Waals surface area contributed by atoms with Crippen molar-refractivity contribution in [1.82, 2.24) is 9.78 Å². The maximum atomic E-state index is 13.2. The minimum Gasteiger partial charge on any atom is -0.240 e. The van der Waals surface area contributed by atoms with Crippen molar-refractivity contribution in [3.05, 3.63) is 47.3 Å². The Balaban J connectivity index is 2.06. The zero-order chi connectivity index (χ0) is 14.3. The van der Waals surface area contributed by atoms with Crippen molar-refractivity contribution < 1.29 is 13.2 Å². The molecule has 106 valence electrons. The highest BCUT2D eigenvalue weighted by molar-refractivity contribution is 9.08. The Morgan fingerprint density at radius 1 is 1.25 bits per heavy atom. The lowest BCUT2D eigenvalue weighted by Crippen LogP contribution is -2.12. The Kier molecular flexibility index (Phi) is 3.36. The minimum absolute atomic E-state index is 0.0779. The van der Waals surface area contributed by atoms with Gasteiger partial charge in [-0.25, -0.2) is 4.68 Å². The molecule has 1 aromatic heterocycles. The first kappa shape index (κ1) is 13.7. The van der Waals surface area contributed by atoms with Gasteiger partial charge in [-0.2, -0.15) is 18.3 Å². The van der Waals surface area contributed by atoms with Crippen LogP contribution in [-0.4, -0.2) is 9.78 Å². The van der Waals surface area contributed by atoms with E-state index >= 15 is 0 Å². The molecule has 6 heteroatoms. The first-order valence-corrected chi connectivity index (χ1v) is 7.43. The number of hydrogen-bond acceptors (Lipinski definition) is 1. The monoisotopic (exact) mass is 344 g/mol. The second-order valence-electron chi connectivity index (χ2n) is 4.94. The molecule has 20 heavy (non-hydrogen) atoms. The van der Waals surface area contributed by atoms with Crippen molar-refractivity contribution in [2.24, 2.45) is 0 Å². The summed E-state index contributed by atoms with van der Waals surface area (Å²) in [6.07, 6.45) is -0.636. The van der Waals surface area contributed by atoms with Crippen LogP contribution >= 0.6 is 15.9 Å². The normalized spacial score (nSPS) is 15.6. The summed E-state index contributed by atoms with van der Waals surface area (Å²) in [6.45, 7) is 0. The van der Waals surface area contributed by atoms with Gasteiger partial charge in [0.25, 0.3) is 0 Å². The minimum atomic E-state index is -4.39. The fourth-order valence-corrected chi connectivity index (χ4v) is 2.51. The Bertz CT molecular complexity index is 630. The molecule has 1 fully saturated rings. The second-order valence-corrected chi connectivity index (χ2v) is 5.50. The molecule has 1 heterocycles. The van der Waals surface area contributed by atoms with Gasteiger partial charge in [0, 0.05) is 17.4 Å². The van der Waals surface area contributed by atoms with Gasteiger partial charge in [0.2, 0.25) is 0 Å². The summed E-state index contributed by atoms with van der Waals surface area (Å²) >= 11 is 3.18. The van der Waals surface area contributed by atoms with Gasteiger partial charge in [-0.1, -0.05) is 22.0 Å². The van der Waals surface area contributed by atoms with Crippen LogP contribution in [0.3, 0.4) is 0 Å². The largest absolute Gasteiger partial charge is 0.418 e. The van der Waals surface area contributed by atoms with E-state index in [1.807, 2.05) is 0 Å². The van der Waals surface area contributed by atoms with Gasteiger partial charge in [-0.3, -0.25) is 0 Å². The molecule has 1 aromatic carbocycles. The summed E-state index contributed by atoms with van der Waals surface area (Å²) < 4.78 is 40.8. The van der Waals surface area contributed by atoms with Crippen molar-refractivity contribution in [3.8, 4) is 5.69 Å². The molecule has 2 nitrogen and oxygen atoms in total. The van der Waals surface area contributed by atoms with Crippen molar-refractivity contribution >= 4 is 15.9 Å². The van der Waals surface area contributed by atoms with Gasteiger partial charge in [-0.05, 0) is 36.6 Å². The van der Waals surface area contributed by atoms with Gasteiger partial charge in [0.05, 0.1) is 16.9 Å². The summed E-state index contributed by atoms with van der Waals surface area (Å²) in [7, 11) is 0. The van der Waals surface area contributed by atoms with Gasteiger partial charge < -0.3 is 0 Å². The molecule has 0 radical (unpaired) electrons. The van der Waals surface area contributed by atoms with E-state index in [0.29, 0.717) is 16.8 Å².